The first-order valence-electron chi connectivity index (χ1n) is 15.5. The highest BCUT2D eigenvalue weighted by atomic mass is 16.2. The molecule has 3 fully saturated rings. The molecule has 0 bridgehead atoms. The Kier molecular flexibility index (Phi) is 7.04. The zero-order chi connectivity index (χ0) is 29.7. The van der Waals surface area contributed by atoms with E-state index >= 15 is 0 Å². The fraction of sp³-hybridized carbons (Fsp3) is 0.485. The van der Waals surface area contributed by atoms with Crippen LogP contribution < -0.4 is 0 Å². The molecule has 10 nitrogen and oxygen atoms in total. The molecule has 224 valence electrons. The molecule has 10 heteroatoms. The van der Waals surface area contributed by atoms with Crippen LogP contribution in [0.25, 0.3) is 22.0 Å². The van der Waals surface area contributed by atoms with Crippen molar-refractivity contribution in [3.8, 4) is 11.1 Å². The molecular formula is C33H39N7O3. The number of aromatic nitrogens is 2. The van der Waals surface area contributed by atoms with Crippen LogP contribution in [-0.2, 0) is 14.4 Å². The second-order valence-electron chi connectivity index (χ2n) is 13.0. The Balaban J connectivity index is 1.14. The van der Waals surface area contributed by atoms with E-state index in [2.05, 4.69) is 46.6 Å². The van der Waals surface area contributed by atoms with Crippen molar-refractivity contribution in [1.82, 2.24) is 29.8 Å². The van der Waals surface area contributed by atoms with Crippen molar-refractivity contribution in [3.63, 3.8) is 0 Å². The highest BCUT2D eigenvalue weighted by Gasteiger charge is 2.51. The van der Waals surface area contributed by atoms with Gasteiger partial charge in [0.05, 0.1) is 18.3 Å². The predicted octanol–water partition coefficient (Wildman–Crippen LogP) is 3.00. The molecule has 1 aromatic heterocycles. The van der Waals surface area contributed by atoms with Gasteiger partial charge >= 0.3 is 0 Å². The van der Waals surface area contributed by atoms with Crippen molar-refractivity contribution in [2.75, 3.05) is 53.4 Å². The number of rotatable bonds is 7. The molecule has 4 heterocycles. The van der Waals surface area contributed by atoms with Crippen molar-refractivity contribution in [2.45, 2.75) is 37.6 Å². The molecule has 3 aliphatic heterocycles. The second-order valence-corrected chi connectivity index (χ2v) is 13.0. The number of hydrogen-bond acceptors (Lipinski definition) is 6. The predicted molar refractivity (Wildman–Crippen MR) is 164 cm³/mol. The Bertz CT molecular complexity index is 1580. The van der Waals surface area contributed by atoms with Crippen molar-refractivity contribution in [1.29, 1.82) is 0 Å². The number of carbonyl (C=O) groups excluding carboxylic acids is 3. The first kappa shape index (κ1) is 27.8. The molecule has 7 rings (SSSR count). The molecule has 1 saturated carbocycles. The van der Waals surface area contributed by atoms with E-state index in [0.717, 1.165) is 53.4 Å². The smallest absolute Gasteiger partial charge is 0.256 e. The van der Waals surface area contributed by atoms with Gasteiger partial charge in [-0.1, -0.05) is 30.3 Å². The van der Waals surface area contributed by atoms with Crippen molar-refractivity contribution in [2.24, 2.45) is 16.8 Å². The Morgan fingerprint density at radius 3 is 2.40 bits per heavy atom. The standard InChI is InChI=1S/C33H39N7O3/c1-37(2)21-29(41)38-15-12-33(13-16-38)32(43)40(20-22-11-14-39(19-22)31(42)25-7-8-25)30(35-33)24-5-3-23(4-6-24)26-9-10-28-27(17-26)18-34-36-28/h3-6,9-10,17-18,22,25H,7-8,11-16,19-21H2,1-2H3,(H,34,36)/t22-/m1/s1. The van der Waals surface area contributed by atoms with E-state index in [1.54, 1.807) is 0 Å². The van der Waals surface area contributed by atoms with Crippen molar-refractivity contribution >= 4 is 34.5 Å². The van der Waals surface area contributed by atoms with E-state index in [1.807, 2.05) is 46.0 Å². The third kappa shape index (κ3) is 5.33. The molecule has 1 atom stereocenters. The number of aromatic amines is 1. The molecule has 43 heavy (non-hydrogen) atoms. The number of hydrogen-bond donors (Lipinski definition) is 1. The van der Waals surface area contributed by atoms with E-state index in [1.165, 1.54) is 0 Å². The van der Waals surface area contributed by atoms with Crippen LogP contribution in [0.15, 0.2) is 53.7 Å². The number of H-pyrrole nitrogens is 1. The average molecular weight is 582 g/mol. The third-order valence-electron chi connectivity index (χ3n) is 9.50. The minimum Gasteiger partial charge on any atom is -0.342 e. The van der Waals surface area contributed by atoms with Gasteiger partial charge in [0.2, 0.25) is 11.8 Å². The number of amidine groups is 1. The topological polar surface area (TPSA) is 105 Å². The number of likely N-dealkylation sites (N-methyl/N-ethyl adjacent to an activating group) is 1. The molecule has 1 aliphatic carbocycles. The van der Waals surface area contributed by atoms with E-state index in [4.69, 9.17) is 4.99 Å². The fourth-order valence-corrected chi connectivity index (χ4v) is 6.83. The minimum absolute atomic E-state index is 0.0312. The summed E-state index contributed by atoms with van der Waals surface area (Å²) < 4.78 is 0. The Morgan fingerprint density at radius 1 is 0.953 bits per heavy atom. The van der Waals surface area contributed by atoms with Gasteiger partial charge in [-0.3, -0.25) is 29.4 Å². The van der Waals surface area contributed by atoms with Crippen molar-refractivity contribution < 1.29 is 14.4 Å². The number of likely N-dealkylation sites (tertiary alicyclic amines) is 2. The fourth-order valence-electron chi connectivity index (χ4n) is 6.83. The molecule has 2 saturated heterocycles. The monoisotopic (exact) mass is 581 g/mol. The summed E-state index contributed by atoms with van der Waals surface area (Å²) in [4.78, 5) is 52.5. The zero-order valence-electron chi connectivity index (χ0n) is 25.0. The van der Waals surface area contributed by atoms with Crippen LogP contribution in [0.5, 0.6) is 0 Å². The molecule has 0 unspecified atom stereocenters. The summed E-state index contributed by atoms with van der Waals surface area (Å²) in [5.41, 5.74) is 3.24. The molecule has 3 aromatic rings. The molecule has 0 radical (unpaired) electrons. The summed E-state index contributed by atoms with van der Waals surface area (Å²) in [6.07, 6.45) is 5.76. The summed E-state index contributed by atoms with van der Waals surface area (Å²) in [6, 6.07) is 14.5. The molecule has 2 aromatic carbocycles. The number of aliphatic imine (C=N–C) groups is 1. The molecule has 3 amide bonds. The Labute approximate surface area is 251 Å². The number of amides is 3. The minimum atomic E-state index is -0.850. The maximum Gasteiger partial charge on any atom is 0.256 e. The van der Waals surface area contributed by atoms with Gasteiger partial charge in [0.15, 0.2) is 0 Å². The van der Waals surface area contributed by atoms with Gasteiger partial charge in [0, 0.05) is 49.6 Å². The summed E-state index contributed by atoms with van der Waals surface area (Å²) in [5, 5.41) is 8.18. The lowest BCUT2D eigenvalue weighted by atomic mass is 9.87. The largest absolute Gasteiger partial charge is 0.342 e. The first-order chi connectivity index (χ1) is 20.8. The van der Waals surface area contributed by atoms with Crippen LogP contribution in [0.4, 0.5) is 0 Å². The van der Waals surface area contributed by atoms with Gasteiger partial charge in [-0.2, -0.15) is 5.10 Å². The lowest BCUT2D eigenvalue weighted by molar-refractivity contribution is -0.138. The number of nitrogens with one attached hydrogen (secondary N) is 1. The number of nitrogens with zero attached hydrogens (tertiary/aromatic N) is 6. The van der Waals surface area contributed by atoms with Crippen LogP contribution in [-0.4, -0.2) is 112 Å². The van der Waals surface area contributed by atoms with Gasteiger partial charge in [-0.25, -0.2) is 0 Å². The number of piperidine rings is 1. The van der Waals surface area contributed by atoms with Crippen LogP contribution >= 0.6 is 0 Å². The number of fused-ring (bicyclic) bond motifs is 1. The SMILES string of the molecule is CN(C)CC(=O)N1CCC2(CC1)N=C(c1ccc(-c3ccc4[nH]ncc4c3)cc1)N(C[C@@H]1CCN(C(=O)C3CC3)C1)C2=O. The summed E-state index contributed by atoms with van der Waals surface area (Å²) >= 11 is 0. The quantitative estimate of drug-likeness (QED) is 0.462. The molecule has 1 spiro atoms. The van der Waals surface area contributed by atoms with Gasteiger partial charge < -0.3 is 14.7 Å². The maximum atomic E-state index is 14.2. The van der Waals surface area contributed by atoms with Crippen LogP contribution in [0.2, 0.25) is 0 Å². The highest BCUT2D eigenvalue weighted by molar-refractivity contribution is 6.15. The Morgan fingerprint density at radius 2 is 1.67 bits per heavy atom. The van der Waals surface area contributed by atoms with E-state index < -0.39 is 5.54 Å². The Hall–Kier alpha value is -4.05. The van der Waals surface area contributed by atoms with E-state index in [0.29, 0.717) is 51.4 Å². The lowest BCUT2D eigenvalue weighted by Crippen LogP contribution is -2.53. The first-order valence-corrected chi connectivity index (χ1v) is 15.5. The third-order valence-corrected chi connectivity index (χ3v) is 9.50. The van der Waals surface area contributed by atoms with Gasteiger partial charge in [0.25, 0.3) is 5.91 Å². The molecular weight excluding hydrogens is 542 g/mol. The normalized spacial score (nSPS) is 21.8. The highest BCUT2D eigenvalue weighted by Crippen LogP contribution is 2.38. The van der Waals surface area contributed by atoms with Gasteiger partial charge in [-0.15, -0.1) is 0 Å². The molecule has 4 aliphatic rings. The summed E-state index contributed by atoms with van der Waals surface area (Å²) in [5.74, 6) is 1.53. The number of benzene rings is 2. The van der Waals surface area contributed by atoms with Crippen LogP contribution in [0.3, 0.4) is 0 Å². The maximum absolute atomic E-state index is 14.2. The summed E-state index contributed by atoms with van der Waals surface area (Å²) in [6.45, 7) is 3.41. The van der Waals surface area contributed by atoms with Crippen LogP contribution in [0, 0.1) is 11.8 Å². The average Bonchev–Trinajstić information content (AvgIpc) is 3.47. The zero-order valence-corrected chi connectivity index (χ0v) is 25.0. The van der Waals surface area contributed by atoms with Crippen LogP contribution in [0.1, 0.15) is 37.7 Å². The van der Waals surface area contributed by atoms with Gasteiger partial charge in [-0.05, 0) is 75.4 Å². The van der Waals surface area contributed by atoms with E-state index in [-0.39, 0.29) is 29.6 Å². The summed E-state index contributed by atoms with van der Waals surface area (Å²) in [7, 11) is 3.78. The lowest BCUT2D eigenvalue weighted by Gasteiger charge is -2.37. The van der Waals surface area contributed by atoms with Crippen molar-refractivity contribution in [3.05, 3.63) is 54.2 Å². The molecule has 1 N–H and O–H groups in total. The number of carbonyl (C=O) groups is 3. The van der Waals surface area contributed by atoms with E-state index in [9.17, 15) is 14.4 Å². The second kappa shape index (κ2) is 10.9. The van der Waals surface area contributed by atoms with Gasteiger partial charge in [0.1, 0.15) is 11.4 Å².